The van der Waals surface area contributed by atoms with Gasteiger partial charge in [0.25, 0.3) is 11.5 Å². The molecule has 1 amide bonds. The third-order valence-electron chi connectivity index (χ3n) is 5.07. The predicted octanol–water partition coefficient (Wildman–Crippen LogP) is 4.36. The van der Waals surface area contributed by atoms with E-state index in [0.717, 1.165) is 12.8 Å². The van der Waals surface area contributed by atoms with Gasteiger partial charge in [0, 0.05) is 24.6 Å². The summed E-state index contributed by atoms with van der Waals surface area (Å²) in [7, 11) is 0. The van der Waals surface area contributed by atoms with Crippen molar-refractivity contribution in [1.29, 1.82) is 0 Å². The Morgan fingerprint density at radius 1 is 1.00 bits per heavy atom. The Morgan fingerprint density at radius 3 is 2.40 bits per heavy atom. The number of hydrogen-bond acceptors (Lipinski definition) is 3. The molecule has 2 aromatic carbocycles. The van der Waals surface area contributed by atoms with E-state index in [1.165, 1.54) is 10.2 Å². The summed E-state index contributed by atoms with van der Waals surface area (Å²) >= 11 is 0. The van der Waals surface area contributed by atoms with Gasteiger partial charge in [0.05, 0.1) is 16.8 Å². The summed E-state index contributed by atoms with van der Waals surface area (Å²) in [6.07, 6.45) is 5.37. The van der Waals surface area contributed by atoms with Gasteiger partial charge in [-0.2, -0.15) is 9.78 Å². The van der Waals surface area contributed by atoms with E-state index in [1.807, 2.05) is 59.2 Å². The molecule has 30 heavy (non-hydrogen) atoms. The summed E-state index contributed by atoms with van der Waals surface area (Å²) in [5.41, 5.74) is 3.56. The van der Waals surface area contributed by atoms with Gasteiger partial charge in [-0.15, -0.1) is 0 Å². The number of anilines is 1. The van der Waals surface area contributed by atoms with Crippen LogP contribution >= 0.6 is 0 Å². The van der Waals surface area contributed by atoms with Crippen molar-refractivity contribution >= 4 is 11.6 Å². The number of fused-ring (bicyclic) bond motifs is 1. The highest BCUT2D eigenvalue weighted by molar-refractivity contribution is 6.08. The molecule has 2 aromatic rings. The number of benzene rings is 2. The van der Waals surface area contributed by atoms with Crippen LogP contribution in [-0.4, -0.2) is 20.3 Å². The average Bonchev–Trinajstić information content (AvgIpc) is 3.11. The minimum atomic E-state index is -0.285. The summed E-state index contributed by atoms with van der Waals surface area (Å²) in [4.78, 5) is 26.2. The van der Waals surface area contributed by atoms with Crippen molar-refractivity contribution in [3.8, 4) is 16.9 Å². The predicted molar refractivity (Wildman–Crippen MR) is 119 cm³/mol. The highest BCUT2D eigenvalue weighted by atomic mass is 16.2. The summed E-state index contributed by atoms with van der Waals surface area (Å²) in [6, 6.07) is 17.0. The summed E-state index contributed by atoms with van der Waals surface area (Å²) in [6.45, 7) is 4.85. The minimum Gasteiger partial charge on any atom is -0.353 e. The van der Waals surface area contributed by atoms with Gasteiger partial charge in [0.1, 0.15) is 5.69 Å². The quantitative estimate of drug-likeness (QED) is 0.523. The molecule has 0 aliphatic carbocycles. The molecular weight excluding hydrogens is 376 g/mol. The number of hydrogen-bond donors (Lipinski definition) is 1. The normalized spacial score (nSPS) is 11.0. The van der Waals surface area contributed by atoms with Crippen molar-refractivity contribution in [1.82, 2.24) is 14.3 Å². The van der Waals surface area contributed by atoms with Gasteiger partial charge in [0.15, 0.2) is 0 Å². The fraction of sp³-hybridized carbons (Fsp3) is 0.208. The highest BCUT2D eigenvalue weighted by Crippen LogP contribution is 2.24. The molecule has 2 heterocycles. The van der Waals surface area contributed by atoms with Crippen LogP contribution in [0.2, 0.25) is 0 Å². The van der Waals surface area contributed by atoms with Gasteiger partial charge < -0.3 is 9.88 Å². The summed E-state index contributed by atoms with van der Waals surface area (Å²) in [5, 5.41) is 7.44. The number of nitrogens with zero attached hydrogens (tertiary/aromatic N) is 3. The lowest BCUT2D eigenvalue weighted by atomic mass is 10.1. The molecule has 2 aliphatic rings. The van der Waals surface area contributed by atoms with E-state index in [-0.39, 0.29) is 11.5 Å². The second-order valence-corrected chi connectivity index (χ2v) is 7.23. The number of nitrogens with one attached hydrogen (secondary N) is 1. The smallest absolute Gasteiger partial charge is 0.282 e. The maximum absolute atomic E-state index is 13.1. The van der Waals surface area contributed by atoms with Crippen molar-refractivity contribution < 1.29 is 4.79 Å². The first-order valence-corrected chi connectivity index (χ1v) is 10.2. The molecule has 0 saturated carbocycles. The molecule has 0 aromatic heterocycles. The first-order chi connectivity index (χ1) is 14.6. The van der Waals surface area contributed by atoms with Crippen LogP contribution in [0.15, 0.2) is 71.8 Å². The first kappa shape index (κ1) is 19.6. The van der Waals surface area contributed by atoms with Crippen molar-refractivity contribution in [2.45, 2.75) is 33.2 Å². The molecule has 152 valence electrons. The van der Waals surface area contributed by atoms with E-state index in [9.17, 15) is 9.59 Å². The topological polar surface area (TPSA) is 68.9 Å². The van der Waals surface area contributed by atoms with E-state index in [0.29, 0.717) is 34.7 Å². The van der Waals surface area contributed by atoms with Crippen molar-refractivity contribution in [2.24, 2.45) is 0 Å². The molecule has 4 rings (SSSR count). The maximum Gasteiger partial charge on any atom is 0.282 e. The van der Waals surface area contributed by atoms with E-state index >= 15 is 0 Å². The van der Waals surface area contributed by atoms with Crippen LogP contribution in [0.4, 0.5) is 5.69 Å². The summed E-state index contributed by atoms with van der Waals surface area (Å²) in [5.74, 6) is -0.285. The first-order valence-electron chi connectivity index (χ1n) is 10.2. The van der Waals surface area contributed by atoms with Crippen molar-refractivity contribution in [3.63, 3.8) is 0 Å². The van der Waals surface area contributed by atoms with Gasteiger partial charge in [-0.3, -0.25) is 9.59 Å². The monoisotopic (exact) mass is 400 g/mol. The van der Waals surface area contributed by atoms with Crippen LogP contribution < -0.4 is 10.9 Å². The second-order valence-electron chi connectivity index (χ2n) is 7.23. The molecule has 0 atom stereocenters. The number of aromatic nitrogens is 3. The van der Waals surface area contributed by atoms with E-state index in [4.69, 9.17) is 0 Å². The highest BCUT2D eigenvalue weighted by Gasteiger charge is 2.24. The molecular formula is C24H24N4O2. The Hall–Kier alpha value is -3.67. The number of para-hydroxylation sites is 1. The molecule has 6 nitrogen and oxygen atoms in total. The third kappa shape index (κ3) is 3.76. The lowest BCUT2D eigenvalue weighted by Crippen LogP contribution is -2.17. The Balaban J connectivity index is 1.78. The molecule has 2 aliphatic heterocycles. The Bertz CT molecular complexity index is 1190. The Labute approximate surface area is 175 Å². The zero-order valence-electron chi connectivity index (χ0n) is 17.1. The Morgan fingerprint density at radius 2 is 1.73 bits per heavy atom. The van der Waals surface area contributed by atoms with E-state index in [2.05, 4.69) is 24.3 Å². The van der Waals surface area contributed by atoms with Crippen molar-refractivity contribution in [3.05, 3.63) is 88.5 Å². The zero-order valence-corrected chi connectivity index (χ0v) is 17.1. The molecule has 0 unspecified atom stereocenters. The van der Waals surface area contributed by atoms with Gasteiger partial charge in [-0.05, 0) is 42.7 Å². The standard InChI is InChI=1S/C24H24N4O2/c1-3-14-27-15-20(23(29)25-18-12-10-17(4-2)11-13-18)22-21(16-27)24(30)28(26-22)19-8-6-5-7-9-19/h5-13,15-16H,3-4,14H2,1-2H3,(H,25,29). The molecule has 0 spiro atoms. The largest absolute Gasteiger partial charge is 0.353 e. The molecule has 0 saturated heterocycles. The Kier molecular flexibility index (Phi) is 5.48. The van der Waals surface area contributed by atoms with Gasteiger partial charge in [-0.25, -0.2) is 0 Å². The van der Waals surface area contributed by atoms with Gasteiger partial charge >= 0.3 is 0 Å². The van der Waals surface area contributed by atoms with Crippen LogP contribution in [0.3, 0.4) is 0 Å². The molecule has 6 heteroatoms. The SMILES string of the molecule is CCCn1cc(C(=O)Nc2ccc(CC)cc2)c2nn(-c3ccccc3)c(=O)c-2c1. The molecule has 0 radical (unpaired) electrons. The maximum atomic E-state index is 13.1. The number of rotatable bonds is 6. The number of carbonyl (C=O) groups is 1. The lowest BCUT2D eigenvalue weighted by molar-refractivity contribution is 0.102. The number of aryl methyl sites for hydroxylation is 2. The third-order valence-corrected chi connectivity index (χ3v) is 5.07. The van der Waals surface area contributed by atoms with Crippen LogP contribution in [0.1, 0.15) is 36.2 Å². The molecule has 1 N–H and O–H groups in total. The fourth-order valence-electron chi connectivity index (χ4n) is 3.48. The number of carbonyl (C=O) groups excluding carboxylic acids is 1. The lowest BCUT2D eigenvalue weighted by Gasteiger charge is -2.12. The molecule has 0 fully saturated rings. The van der Waals surface area contributed by atoms with Crippen LogP contribution in [0.25, 0.3) is 16.9 Å². The van der Waals surface area contributed by atoms with Crippen molar-refractivity contribution in [2.75, 3.05) is 5.32 Å². The van der Waals surface area contributed by atoms with E-state index in [1.54, 1.807) is 12.4 Å². The minimum absolute atomic E-state index is 0.233. The van der Waals surface area contributed by atoms with Crippen LogP contribution in [0.5, 0.6) is 0 Å². The van der Waals surface area contributed by atoms with Gasteiger partial charge in [-0.1, -0.05) is 44.2 Å². The van der Waals surface area contributed by atoms with Gasteiger partial charge in [0.2, 0.25) is 0 Å². The zero-order chi connectivity index (χ0) is 21.1. The van der Waals surface area contributed by atoms with E-state index < -0.39 is 0 Å². The number of pyridine rings is 1. The second kappa shape index (κ2) is 8.37. The van der Waals surface area contributed by atoms with Crippen LogP contribution in [-0.2, 0) is 13.0 Å². The molecule has 0 bridgehead atoms. The summed E-state index contributed by atoms with van der Waals surface area (Å²) < 4.78 is 3.24. The fourth-order valence-corrected chi connectivity index (χ4v) is 3.48. The van der Waals surface area contributed by atoms with Crippen LogP contribution in [0, 0.1) is 0 Å². The number of amides is 1. The average molecular weight is 400 g/mol.